The minimum Gasteiger partial charge on any atom is -0.445 e. The zero-order chi connectivity index (χ0) is 11.1. The van der Waals surface area contributed by atoms with Gasteiger partial charge in [-0.2, -0.15) is 0 Å². The fourth-order valence-corrected chi connectivity index (χ4v) is 0.904. The van der Waals surface area contributed by atoms with Crippen molar-refractivity contribution >= 4 is 12.2 Å². The number of carbonyl (C=O) groups excluding carboxylic acids is 1. The van der Waals surface area contributed by atoms with Crippen LogP contribution < -0.4 is 0 Å². The second-order valence-electron chi connectivity index (χ2n) is 3.07. The van der Waals surface area contributed by atoms with Gasteiger partial charge in [-0.3, -0.25) is 4.79 Å². The molecule has 1 aromatic rings. The zero-order valence-electron chi connectivity index (χ0n) is 8.75. The van der Waals surface area contributed by atoms with Crippen LogP contribution >= 0.6 is 0 Å². The highest BCUT2D eigenvalue weighted by Crippen LogP contribution is 2.12. The normalized spacial score (nSPS) is 10.3. The smallest absolute Gasteiger partial charge is 0.294 e. The van der Waals surface area contributed by atoms with E-state index in [-0.39, 0.29) is 6.73 Å². The fourth-order valence-electron chi connectivity index (χ4n) is 0.904. The molecule has 5 nitrogen and oxygen atoms in total. The number of carbonyl (C=O) groups is 1. The van der Waals surface area contributed by atoms with E-state index in [4.69, 9.17) is 0 Å². The van der Waals surface area contributed by atoms with Crippen molar-refractivity contribution < 1.29 is 9.53 Å². The summed E-state index contributed by atoms with van der Waals surface area (Å²) in [7, 11) is 1.67. The highest BCUT2D eigenvalue weighted by Gasteiger charge is 1.92. The van der Waals surface area contributed by atoms with E-state index in [1.165, 1.54) is 10.6 Å². The third-order valence-electron chi connectivity index (χ3n) is 1.68. The van der Waals surface area contributed by atoms with Crippen molar-refractivity contribution in [3.05, 3.63) is 29.8 Å². The van der Waals surface area contributed by atoms with Crippen molar-refractivity contribution in [3.8, 4) is 0 Å². The van der Waals surface area contributed by atoms with Crippen LogP contribution in [0.25, 0.3) is 0 Å². The van der Waals surface area contributed by atoms with Crippen molar-refractivity contribution in [2.75, 3.05) is 13.8 Å². The number of aryl methyl sites for hydroxylation is 1. The lowest BCUT2D eigenvalue weighted by Crippen LogP contribution is -2.13. The number of benzene rings is 1. The van der Waals surface area contributed by atoms with Crippen molar-refractivity contribution in [3.63, 3.8) is 0 Å². The number of hydrogen-bond acceptors (Lipinski definition) is 4. The van der Waals surface area contributed by atoms with Crippen LogP contribution in [0.1, 0.15) is 5.56 Å². The summed E-state index contributed by atoms with van der Waals surface area (Å²) in [5.41, 5.74) is 1.94. The fraction of sp³-hybridized carbons (Fsp3) is 0.300. The van der Waals surface area contributed by atoms with E-state index in [2.05, 4.69) is 15.1 Å². The van der Waals surface area contributed by atoms with Crippen LogP contribution in [-0.2, 0) is 9.53 Å². The maximum absolute atomic E-state index is 9.90. The van der Waals surface area contributed by atoms with E-state index in [0.717, 1.165) is 5.69 Å². The molecule has 1 aromatic carbocycles. The Bertz CT molecular complexity index is 335. The molecule has 1 rings (SSSR count). The third-order valence-corrected chi connectivity index (χ3v) is 1.68. The first-order valence-corrected chi connectivity index (χ1v) is 4.47. The van der Waals surface area contributed by atoms with E-state index < -0.39 is 0 Å². The molecule has 0 unspecified atom stereocenters. The lowest BCUT2D eigenvalue weighted by molar-refractivity contribution is -0.132. The maximum atomic E-state index is 9.90. The zero-order valence-corrected chi connectivity index (χ0v) is 8.75. The maximum Gasteiger partial charge on any atom is 0.294 e. The molecule has 0 spiro atoms. The Morgan fingerprint density at radius 3 is 2.67 bits per heavy atom. The molecule has 0 aliphatic heterocycles. The first-order chi connectivity index (χ1) is 7.22. The molecule has 15 heavy (non-hydrogen) atoms. The second-order valence-corrected chi connectivity index (χ2v) is 3.07. The third kappa shape index (κ3) is 4.21. The molecule has 0 amide bonds. The number of rotatable bonds is 5. The van der Waals surface area contributed by atoms with Gasteiger partial charge in [0.05, 0.1) is 5.69 Å². The molecule has 0 heterocycles. The summed E-state index contributed by atoms with van der Waals surface area (Å²) in [6.07, 6.45) is 0. The molecule has 0 radical (unpaired) electrons. The molecule has 0 saturated heterocycles. The van der Waals surface area contributed by atoms with Gasteiger partial charge in [-0.1, -0.05) is 22.9 Å². The SMILES string of the molecule is Cc1ccc(N=NN(C)COC=O)cc1. The first-order valence-electron chi connectivity index (χ1n) is 4.47. The second kappa shape index (κ2) is 5.74. The number of ether oxygens (including phenoxy) is 1. The van der Waals surface area contributed by atoms with Gasteiger partial charge in [-0.05, 0) is 19.1 Å². The Kier molecular flexibility index (Phi) is 4.28. The number of hydrogen-bond donors (Lipinski definition) is 0. The van der Waals surface area contributed by atoms with Crippen molar-refractivity contribution in [2.45, 2.75) is 6.92 Å². The Hall–Kier alpha value is -1.91. The predicted molar refractivity (Wildman–Crippen MR) is 55.5 cm³/mol. The lowest BCUT2D eigenvalue weighted by atomic mass is 10.2. The standard InChI is InChI=1S/C10H13N3O2/c1-9-3-5-10(6-4-9)11-12-13(2)7-15-8-14/h3-6,8H,7H2,1-2H3. The van der Waals surface area contributed by atoms with Crippen LogP contribution in [0.5, 0.6) is 0 Å². The summed E-state index contributed by atoms with van der Waals surface area (Å²) in [5, 5.41) is 9.22. The predicted octanol–water partition coefficient (Wildman–Crippen LogP) is 2.06. The molecule has 0 bridgehead atoms. The molecule has 0 aliphatic carbocycles. The summed E-state index contributed by atoms with van der Waals surface area (Å²) in [6, 6.07) is 7.65. The molecule has 0 N–H and O–H groups in total. The Morgan fingerprint density at radius 1 is 1.40 bits per heavy atom. The van der Waals surface area contributed by atoms with Crippen LogP contribution in [0.4, 0.5) is 5.69 Å². The van der Waals surface area contributed by atoms with Crippen LogP contribution in [-0.4, -0.2) is 25.3 Å². The van der Waals surface area contributed by atoms with Gasteiger partial charge in [-0.15, -0.1) is 5.11 Å². The van der Waals surface area contributed by atoms with Gasteiger partial charge in [0, 0.05) is 7.05 Å². The monoisotopic (exact) mass is 207 g/mol. The van der Waals surface area contributed by atoms with E-state index >= 15 is 0 Å². The Balaban J connectivity index is 2.49. The molecular formula is C10H13N3O2. The molecule has 0 aromatic heterocycles. The van der Waals surface area contributed by atoms with Crippen LogP contribution in [0.15, 0.2) is 34.6 Å². The quantitative estimate of drug-likeness (QED) is 0.321. The summed E-state index contributed by atoms with van der Waals surface area (Å²) >= 11 is 0. The van der Waals surface area contributed by atoms with E-state index in [0.29, 0.717) is 6.47 Å². The molecule has 0 fully saturated rings. The number of nitrogens with zero attached hydrogens (tertiary/aromatic N) is 3. The molecular weight excluding hydrogens is 194 g/mol. The van der Waals surface area contributed by atoms with Crippen LogP contribution in [0.2, 0.25) is 0 Å². The lowest BCUT2D eigenvalue weighted by Gasteiger charge is -2.08. The summed E-state index contributed by atoms with van der Waals surface area (Å²) < 4.78 is 4.49. The Labute approximate surface area is 88.3 Å². The molecule has 0 atom stereocenters. The van der Waals surface area contributed by atoms with Crippen molar-refractivity contribution in [1.29, 1.82) is 0 Å². The van der Waals surface area contributed by atoms with Gasteiger partial charge < -0.3 is 4.74 Å². The van der Waals surface area contributed by atoms with Gasteiger partial charge in [0.2, 0.25) is 0 Å². The van der Waals surface area contributed by atoms with Crippen LogP contribution in [0.3, 0.4) is 0 Å². The average Bonchev–Trinajstić information content (AvgIpc) is 2.25. The van der Waals surface area contributed by atoms with Gasteiger partial charge in [-0.25, -0.2) is 5.01 Å². The molecule has 5 heteroatoms. The van der Waals surface area contributed by atoms with E-state index in [9.17, 15) is 4.79 Å². The van der Waals surface area contributed by atoms with E-state index in [1.54, 1.807) is 7.05 Å². The largest absolute Gasteiger partial charge is 0.445 e. The van der Waals surface area contributed by atoms with Gasteiger partial charge >= 0.3 is 0 Å². The van der Waals surface area contributed by atoms with Crippen LogP contribution in [0, 0.1) is 6.92 Å². The minimum atomic E-state index is 0.0961. The molecule has 80 valence electrons. The van der Waals surface area contributed by atoms with E-state index in [1.807, 2.05) is 31.2 Å². The van der Waals surface area contributed by atoms with Crippen molar-refractivity contribution in [2.24, 2.45) is 10.3 Å². The minimum absolute atomic E-state index is 0.0961. The topological polar surface area (TPSA) is 54.3 Å². The van der Waals surface area contributed by atoms with Crippen molar-refractivity contribution in [1.82, 2.24) is 5.01 Å². The van der Waals surface area contributed by atoms with Gasteiger partial charge in [0.1, 0.15) is 0 Å². The molecule has 0 saturated carbocycles. The summed E-state index contributed by atoms with van der Waals surface area (Å²) in [6.45, 7) is 2.47. The highest BCUT2D eigenvalue weighted by atomic mass is 16.5. The Morgan fingerprint density at radius 2 is 2.07 bits per heavy atom. The highest BCUT2D eigenvalue weighted by molar-refractivity contribution is 5.37. The average molecular weight is 207 g/mol. The summed E-state index contributed by atoms with van der Waals surface area (Å²) in [5.74, 6) is 0. The molecule has 0 aliphatic rings. The van der Waals surface area contributed by atoms with Gasteiger partial charge in [0.15, 0.2) is 6.73 Å². The van der Waals surface area contributed by atoms with Gasteiger partial charge in [0.25, 0.3) is 6.47 Å². The first kappa shape index (κ1) is 11.2. The summed E-state index contributed by atoms with van der Waals surface area (Å²) in [4.78, 5) is 9.90.